The topological polar surface area (TPSA) is 74.2 Å². The van der Waals surface area contributed by atoms with Gasteiger partial charge >= 0.3 is 0 Å². The van der Waals surface area contributed by atoms with E-state index < -0.39 is 0 Å². The lowest BCUT2D eigenvalue weighted by Crippen LogP contribution is -2.14. The lowest BCUT2D eigenvalue weighted by Gasteiger charge is -2.14. The Labute approximate surface area is 119 Å². The molecule has 20 heavy (non-hydrogen) atoms. The highest BCUT2D eigenvalue weighted by Crippen LogP contribution is 2.23. The minimum atomic E-state index is -0.152. The Morgan fingerprint density at radius 1 is 1.25 bits per heavy atom. The molecular weight excluding hydrogens is 254 g/mol. The summed E-state index contributed by atoms with van der Waals surface area (Å²) in [4.78, 5) is 4.39. The molecule has 0 bridgehead atoms. The molecule has 0 saturated carbocycles. The third-order valence-corrected chi connectivity index (χ3v) is 3.22. The molecule has 108 valence electrons. The summed E-state index contributed by atoms with van der Waals surface area (Å²) >= 11 is 0. The van der Waals surface area contributed by atoms with Gasteiger partial charge in [0.25, 0.3) is 0 Å². The maximum absolute atomic E-state index is 6.15. The monoisotopic (exact) mass is 275 g/mol. The fraction of sp³-hybridized carbons (Fsp3) is 0.467. The van der Waals surface area contributed by atoms with Crippen LogP contribution < -0.4 is 5.73 Å². The third-order valence-electron chi connectivity index (χ3n) is 3.22. The van der Waals surface area contributed by atoms with E-state index in [1.54, 1.807) is 7.11 Å². The lowest BCUT2D eigenvalue weighted by atomic mass is 10.0. The molecule has 0 radical (unpaired) electrons. The quantitative estimate of drug-likeness (QED) is 0.877. The number of aromatic nitrogens is 2. The van der Waals surface area contributed by atoms with Gasteiger partial charge in [-0.3, -0.25) is 0 Å². The minimum Gasteiger partial charge on any atom is -0.373 e. The van der Waals surface area contributed by atoms with E-state index in [1.165, 1.54) is 0 Å². The van der Waals surface area contributed by atoms with Crippen LogP contribution in [0.25, 0.3) is 0 Å². The van der Waals surface area contributed by atoms with E-state index in [4.69, 9.17) is 15.0 Å². The van der Waals surface area contributed by atoms with Crippen LogP contribution >= 0.6 is 0 Å². The summed E-state index contributed by atoms with van der Waals surface area (Å²) in [6, 6.07) is 9.74. The van der Waals surface area contributed by atoms with E-state index in [9.17, 15) is 0 Å². The van der Waals surface area contributed by atoms with Gasteiger partial charge in [-0.25, -0.2) is 0 Å². The Morgan fingerprint density at radius 2 is 1.95 bits per heavy atom. The second-order valence-electron chi connectivity index (χ2n) is 5.17. The van der Waals surface area contributed by atoms with Crippen molar-refractivity contribution in [3.8, 4) is 0 Å². The number of benzene rings is 1. The predicted octanol–water partition coefficient (Wildman–Crippen LogP) is 2.66. The first-order valence-corrected chi connectivity index (χ1v) is 6.77. The van der Waals surface area contributed by atoms with Crippen LogP contribution in [0.5, 0.6) is 0 Å². The van der Waals surface area contributed by atoms with Crippen LogP contribution in [0.2, 0.25) is 0 Å². The van der Waals surface area contributed by atoms with Gasteiger partial charge in [-0.2, -0.15) is 4.98 Å². The molecule has 2 rings (SSSR count). The van der Waals surface area contributed by atoms with Crippen LogP contribution in [0.3, 0.4) is 0 Å². The first-order chi connectivity index (χ1) is 9.61. The second kappa shape index (κ2) is 6.63. The van der Waals surface area contributed by atoms with Crippen molar-refractivity contribution in [2.75, 3.05) is 7.11 Å². The Bertz CT molecular complexity index is 525. The molecule has 0 amide bonds. The van der Waals surface area contributed by atoms with E-state index in [1.807, 2.05) is 30.3 Å². The van der Waals surface area contributed by atoms with Crippen molar-refractivity contribution in [1.82, 2.24) is 10.1 Å². The summed E-state index contributed by atoms with van der Waals surface area (Å²) in [7, 11) is 1.65. The van der Waals surface area contributed by atoms with Gasteiger partial charge in [0.1, 0.15) is 6.10 Å². The normalized spacial score (nSPS) is 14.4. The van der Waals surface area contributed by atoms with Crippen LogP contribution in [0.4, 0.5) is 0 Å². The van der Waals surface area contributed by atoms with E-state index >= 15 is 0 Å². The SMILES string of the molecule is COC(c1noc(CC(N)c2ccccc2)n1)C(C)C. The van der Waals surface area contributed by atoms with Crippen LogP contribution in [0, 0.1) is 5.92 Å². The van der Waals surface area contributed by atoms with Crippen molar-refractivity contribution >= 4 is 0 Å². The van der Waals surface area contributed by atoms with Crippen LogP contribution in [0.1, 0.15) is 43.3 Å². The summed E-state index contributed by atoms with van der Waals surface area (Å²) in [6.07, 6.45) is 0.367. The van der Waals surface area contributed by atoms with E-state index in [0.717, 1.165) is 5.56 Å². The predicted molar refractivity (Wildman–Crippen MR) is 76.0 cm³/mol. The number of rotatable bonds is 6. The van der Waals surface area contributed by atoms with E-state index in [2.05, 4.69) is 24.0 Å². The zero-order valence-electron chi connectivity index (χ0n) is 12.1. The van der Waals surface area contributed by atoms with Crippen molar-refractivity contribution in [2.24, 2.45) is 11.7 Å². The summed E-state index contributed by atoms with van der Waals surface area (Å²) in [6.45, 7) is 4.11. The fourth-order valence-electron chi connectivity index (χ4n) is 2.15. The van der Waals surface area contributed by atoms with Gasteiger partial charge in [-0.15, -0.1) is 0 Å². The maximum Gasteiger partial charge on any atom is 0.228 e. The summed E-state index contributed by atoms with van der Waals surface area (Å²) in [5.74, 6) is 1.41. The molecule has 5 heteroatoms. The molecule has 1 heterocycles. The number of hydrogen-bond donors (Lipinski definition) is 1. The van der Waals surface area contributed by atoms with Crippen LogP contribution in [-0.4, -0.2) is 17.3 Å². The van der Waals surface area contributed by atoms with Crippen molar-refractivity contribution in [1.29, 1.82) is 0 Å². The molecule has 0 aliphatic heterocycles. The Balaban J connectivity index is 2.06. The van der Waals surface area contributed by atoms with Crippen LogP contribution in [0.15, 0.2) is 34.9 Å². The van der Waals surface area contributed by atoms with Gasteiger partial charge in [-0.05, 0) is 11.5 Å². The number of nitrogens with zero attached hydrogens (tertiary/aromatic N) is 2. The molecular formula is C15H21N3O2. The molecule has 2 unspecified atom stereocenters. The Hall–Kier alpha value is -1.72. The largest absolute Gasteiger partial charge is 0.373 e. The zero-order chi connectivity index (χ0) is 14.5. The number of hydrogen-bond acceptors (Lipinski definition) is 5. The minimum absolute atomic E-state index is 0.149. The van der Waals surface area contributed by atoms with Gasteiger partial charge in [0, 0.05) is 19.6 Å². The highest BCUT2D eigenvalue weighted by Gasteiger charge is 2.22. The molecule has 0 fully saturated rings. The van der Waals surface area contributed by atoms with E-state index in [0.29, 0.717) is 18.1 Å². The van der Waals surface area contributed by atoms with Crippen molar-refractivity contribution in [3.63, 3.8) is 0 Å². The third kappa shape index (κ3) is 3.43. The van der Waals surface area contributed by atoms with Gasteiger partial charge in [0.2, 0.25) is 11.7 Å². The number of nitrogens with two attached hydrogens (primary N) is 1. The first kappa shape index (κ1) is 14.7. The standard InChI is InChI=1S/C15H21N3O2/c1-10(2)14(19-3)15-17-13(20-18-15)9-12(16)11-7-5-4-6-8-11/h4-8,10,12,14H,9,16H2,1-3H3. The molecule has 0 aliphatic rings. The van der Waals surface area contributed by atoms with Gasteiger partial charge < -0.3 is 15.0 Å². The van der Waals surface area contributed by atoms with E-state index in [-0.39, 0.29) is 18.1 Å². The average Bonchev–Trinajstić information content (AvgIpc) is 2.88. The molecule has 2 aromatic rings. The highest BCUT2D eigenvalue weighted by atomic mass is 16.5. The molecule has 0 spiro atoms. The van der Waals surface area contributed by atoms with Gasteiger partial charge in [0.15, 0.2) is 0 Å². The molecule has 2 N–H and O–H groups in total. The van der Waals surface area contributed by atoms with Crippen molar-refractivity contribution in [2.45, 2.75) is 32.4 Å². The smallest absolute Gasteiger partial charge is 0.228 e. The average molecular weight is 275 g/mol. The Morgan fingerprint density at radius 3 is 2.55 bits per heavy atom. The van der Waals surface area contributed by atoms with Gasteiger partial charge in [-0.1, -0.05) is 49.3 Å². The number of methoxy groups -OCH3 is 1. The molecule has 5 nitrogen and oxygen atoms in total. The molecule has 2 atom stereocenters. The molecule has 1 aromatic carbocycles. The second-order valence-corrected chi connectivity index (χ2v) is 5.17. The summed E-state index contributed by atoms with van der Waals surface area (Å²) in [5.41, 5.74) is 7.20. The van der Waals surface area contributed by atoms with Crippen molar-refractivity contribution < 1.29 is 9.26 Å². The Kier molecular flexibility index (Phi) is 4.87. The summed E-state index contributed by atoms with van der Waals surface area (Å²) < 4.78 is 10.7. The molecule has 1 aromatic heterocycles. The summed E-state index contributed by atoms with van der Waals surface area (Å²) in [5, 5.41) is 3.99. The number of ether oxygens (including phenoxy) is 1. The highest BCUT2D eigenvalue weighted by molar-refractivity contribution is 5.19. The van der Waals surface area contributed by atoms with Crippen LogP contribution in [-0.2, 0) is 11.2 Å². The zero-order valence-corrected chi connectivity index (χ0v) is 12.1. The van der Waals surface area contributed by atoms with Gasteiger partial charge in [0.05, 0.1) is 0 Å². The first-order valence-electron chi connectivity index (χ1n) is 6.77. The molecule has 0 saturated heterocycles. The molecule has 0 aliphatic carbocycles. The fourth-order valence-corrected chi connectivity index (χ4v) is 2.15. The maximum atomic E-state index is 6.15. The van der Waals surface area contributed by atoms with Crippen molar-refractivity contribution in [3.05, 3.63) is 47.6 Å². The lowest BCUT2D eigenvalue weighted by molar-refractivity contribution is 0.0555.